The van der Waals surface area contributed by atoms with Crippen LogP contribution in [0.2, 0.25) is 0 Å². The van der Waals surface area contributed by atoms with E-state index in [9.17, 15) is 4.79 Å². The van der Waals surface area contributed by atoms with Gasteiger partial charge >= 0.3 is 6.09 Å². The summed E-state index contributed by atoms with van der Waals surface area (Å²) in [7, 11) is 0. The molecule has 2 rings (SSSR count). The summed E-state index contributed by atoms with van der Waals surface area (Å²) in [6.45, 7) is 8.99. The van der Waals surface area contributed by atoms with Crippen molar-refractivity contribution in [3.63, 3.8) is 0 Å². The molecule has 23 heavy (non-hydrogen) atoms. The molecule has 2 aliphatic rings. The monoisotopic (exact) mass is 325 g/mol. The van der Waals surface area contributed by atoms with Gasteiger partial charge in [0.25, 0.3) is 0 Å². The second-order valence-corrected chi connectivity index (χ2v) is 8.37. The average molecular weight is 325 g/mol. The van der Waals surface area contributed by atoms with E-state index in [0.717, 1.165) is 13.1 Å². The minimum absolute atomic E-state index is 0.212. The van der Waals surface area contributed by atoms with E-state index in [4.69, 9.17) is 10.5 Å². The van der Waals surface area contributed by atoms with Gasteiger partial charge in [-0.15, -0.1) is 0 Å². The number of carbonyl (C=O) groups excluding carboxylic acids is 1. The molecule has 0 bridgehead atoms. The number of hydrogen-bond acceptors (Lipinski definition) is 4. The molecule has 1 spiro atoms. The summed E-state index contributed by atoms with van der Waals surface area (Å²) in [4.78, 5) is 14.3. The lowest BCUT2D eigenvalue weighted by Gasteiger charge is -2.46. The van der Waals surface area contributed by atoms with Crippen molar-refractivity contribution in [3.8, 4) is 0 Å². The summed E-state index contributed by atoms with van der Waals surface area (Å²) < 4.78 is 5.30. The Labute approximate surface area is 141 Å². The largest absolute Gasteiger partial charge is 0.444 e. The Kier molecular flexibility index (Phi) is 6.32. The van der Waals surface area contributed by atoms with Crippen LogP contribution < -0.4 is 11.1 Å². The van der Waals surface area contributed by atoms with Gasteiger partial charge in [-0.1, -0.05) is 19.3 Å². The van der Waals surface area contributed by atoms with Crippen molar-refractivity contribution in [2.24, 2.45) is 11.1 Å². The molecule has 5 nitrogen and oxygen atoms in total. The molecule has 1 aliphatic heterocycles. The zero-order chi connectivity index (χ0) is 16.9. The fourth-order valence-electron chi connectivity index (χ4n) is 4.04. The molecule has 1 aliphatic carbocycles. The summed E-state index contributed by atoms with van der Waals surface area (Å²) in [5, 5.41) is 2.88. The van der Waals surface area contributed by atoms with Gasteiger partial charge in [-0.05, 0) is 65.0 Å². The van der Waals surface area contributed by atoms with Crippen LogP contribution in [0.15, 0.2) is 0 Å². The normalized spacial score (nSPS) is 23.5. The van der Waals surface area contributed by atoms with Gasteiger partial charge in [0.15, 0.2) is 0 Å². The van der Waals surface area contributed by atoms with Crippen LogP contribution in [-0.2, 0) is 4.74 Å². The van der Waals surface area contributed by atoms with Crippen LogP contribution in [0.1, 0.15) is 65.7 Å². The fourth-order valence-corrected chi connectivity index (χ4v) is 4.04. The first-order valence-electron chi connectivity index (χ1n) is 9.25. The quantitative estimate of drug-likeness (QED) is 0.834. The van der Waals surface area contributed by atoms with Gasteiger partial charge in [-0.25, -0.2) is 4.79 Å². The number of nitrogens with one attached hydrogen (secondary N) is 1. The summed E-state index contributed by atoms with van der Waals surface area (Å²) in [5.41, 5.74) is 6.10. The lowest BCUT2D eigenvalue weighted by molar-refractivity contribution is 0.0382. The molecule has 1 amide bonds. The molecule has 2 fully saturated rings. The fraction of sp³-hybridized carbons (Fsp3) is 0.944. The molecule has 0 radical (unpaired) electrons. The Morgan fingerprint density at radius 2 is 1.78 bits per heavy atom. The minimum Gasteiger partial charge on any atom is -0.444 e. The predicted molar refractivity (Wildman–Crippen MR) is 93.4 cm³/mol. The second-order valence-electron chi connectivity index (χ2n) is 8.37. The molecule has 134 valence electrons. The van der Waals surface area contributed by atoms with Crippen LogP contribution in [0.5, 0.6) is 0 Å². The molecular weight excluding hydrogens is 290 g/mol. The third kappa shape index (κ3) is 5.64. The van der Waals surface area contributed by atoms with Gasteiger partial charge in [0.05, 0.1) is 0 Å². The van der Waals surface area contributed by atoms with Gasteiger partial charge in [0, 0.05) is 19.1 Å². The molecule has 0 aromatic rings. The van der Waals surface area contributed by atoms with Gasteiger partial charge in [0.1, 0.15) is 5.60 Å². The standard InChI is InChI=1S/C18H35N3O2/c1-17(2,3)23-16(22)20-14-15(13-19)21-11-9-18(10-12-21)7-5-4-6-8-18/h15H,4-14,19H2,1-3H3,(H,20,22). The number of ether oxygens (including phenoxy) is 1. The third-order valence-corrected chi connectivity index (χ3v) is 5.44. The Balaban J connectivity index is 1.77. The highest BCUT2D eigenvalue weighted by Gasteiger charge is 2.36. The summed E-state index contributed by atoms with van der Waals surface area (Å²) >= 11 is 0. The van der Waals surface area contributed by atoms with Crippen LogP contribution in [0, 0.1) is 5.41 Å². The highest BCUT2D eigenvalue weighted by molar-refractivity contribution is 5.67. The highest BCUT2D eigenvalue weighted by atomic mass is 16.6. The second kappa shape index (κ2) is 7.84. The molecule has 5 heteroatoms. The molecule has 1 saturated carbocycles. The zero-order valence-corrected chi connectivity index (χ0v) is 15.2. The first-order chi connectivity index (χ1) is 10.8. The third-order valence-electron chi connectivity index (χ3n) is 5.44. The van der Waals surface area contributed by atoms with E-state index in [0.29, 0.717) is 18.5 Å². The first kappa shape index (κ1) is 18.5. The van der Waals surface area contributed by atoms with E-state index in [1.165, 1.54) is 44.9 Å². The molecule has 1 atom stereocenters. The number of amides is 1. The Hall–Kier alpha value is -0.810. The number of nitrogens with two attached hydrogens (primary N) is 1. The Morgan fingerprint density at radius 3 is 2.30 bits per heavy atom. The minimum atomic E-state index is -0.458. The topological polar surface area (TPSA) is 67.6 Å². The number of hydrogen-bond donors (Lipinski definition) is 2. The van der Waals surface area contributed by atoms with Crippen LogP contribution >= 0.6 is 0 Å². The zero-order valence-electron chi connectivity index (χ0n) is 15.2. The maximum atomic E-state index is 11.8. The number of carbonyl (C=O) groups is 1. The molecule has 3 N–H and O–H groups in total. The molecule has 0 aromatic heterocycles. The van der Waals surface area contributed by atoms with Gasteiger partial charge in [-0.2, -0.15) is 0 Å². The van der Waals surface area contributed by atoms with Crippen molar-refractivity contribution < 1.29 is 9.53 Å². The molecular formula is C18H35N3O2. The Morgan fingerprint density at radius 1 is 1.17 bits per heavy atom. The number of likely N-dealkylation sites (tertiary alicyclic amines) is 1. The van der Waals surface area contributed by atoms with E-state index in [1.54, 1.807) is 0 Å². The number of rotatable bonds is 4. The van der Waals surface area contributed by atoms with Crippen molar-refractivity contribution in [2.75, 3.05) is 26.2 Å². The maximum Gasteiger partial charge on any atom is 0.407 e. The summed E-state index contributed by atoms with van der Waals surface area (Å²) in [6, 6.07) is 0.212. The first-order valence-corrected chi connectivity index (χ1v) is 9.25. The van der Waals surface area contributed by atoms with E-state index >= 15 is 0 Å². The summed E-state index contributed by atoms with van der Waals surface area (Å²) in [6.07, 6.45) is 9.26. The maximum absolute atomic E-state index is 11.8. The van der Waals surface area contributed by atoms with Gasteiger partial charge < -0.3 is 15.8 Å². The SMILES string of the molecule is CC(C)(C)OC(=O)NCC(CN)N1CCC2(CCCCC2)CC1. The van der Waals surface area contributed by atoms with Crippen LogP contribution in [0.4, 0.5) is 4.79 Å². The smallest absolute Gasteiger partial charge is 0.407 e. The van der Waals surface area contributed by atoms with E-state index in [1.807, 2.05) is 20.8 Å². The lowest BCUT2D eigenvalue weighted by Crippen LogP contribution is -2.53. The van der Waals surface area contributed by atoms with Crippen molar-refractivity contribution in [2.45, 2.75) is 77.4 Å². The van der Waals surface area contributed by atoms with Crippen LogP contribution in [0.3, 0.4) is 0 Å². The van der Waals surface area contributed by atoms with Crippen LogP contribution in [0.25, 0.3) is 0 Å². The van der Waals surface area contributed by atoms with Crippen molar-refractivity contribution in [1.29, 1.82) is 0 Å². The van der Waals surface area contributed by atoms with Gasteiger partial charge in [-0.3, -0.25) is 4.90 Å². The van der Waals surface area contributed by atoms with Crippen molar-refractivity contribution in [1.82, 2.24) is 10.2 Å². The predicted octanol–water partition coefficient (Wildman–Crippen LogP) is 2.88. The van der Waals surface area contributed by atoms with Crippen molar-refractivity contribution in [3.05, 3.63) is 0 Å². The number of nitrogens with zero attached hydrogens (tertiary/aromatic N) is 1. The molecule has 1 saturated heterocycles. The number of piperidine rings is 1. The highest BCUT2D eigenvalue weighted by Crippen LogP contribution is 2.44. The lowest BCUT2D eigenvalue weighted by atomic mass is 9.68. The molecule has 0 aromatic carbocycles. The Bertz CT molecular complexity index is 376. The molecule has 1 unspecified atom stereocenters. The van der Waals surface area contributed by atoms with E-state index in [-0.39, 0.29) is 12.1 Å². The van der Waals surface area contributed by atoms with E-state index in [2.05, 4.69) is 10.2 Å². The van der Waals surface area contributed by atoms with Crippen LogP contribution in [-0.4, -0.2) is 48.8 Å². The van der Waals surface area contributed by atoms with E-state index < -0.39 is 5.60 Å². The average Bonchev–Trinajstić information content (AvgIpc) is 2.49. The molecule has 1 heterocycles. The van der Waals surface area contributed by atoms with Gasteiger partial charge in [0.2, 0.25) is 0 Å². The summed E-state index contributed by atoms with van der Waals surface area (Å²) in [5.74, 6) is 0. The number of alkyl carbamates (subject to hydrolysis) is 1. The van der Waals surface area contributed by atoms with Crippen molar-refractivity contribution >= 4 is 6.09 Å².